The number of imidazole rings is 1. The van der Waals surface area contributed by atoms with Gasteiger partial charge in [0, 0.05) is 25.2 Å². The normalized spacial score (nSPS) is 10.1. The second-order valence-corrected chi connectivity index (χ2v) is 4.70. The molecule has 0 saturated carbocycles. The van der Waals surface area contributed by atoms with Gasteiger partial charge in [-0.15, -0.1) is 0 Å². The first-order chi connectivity index (χ1) is 8.74. The molecule has 0 N–H and O–H groups in total. The van der Waals surface area contributed by atoms with Crippen molar-refractivity contribution in [1.82, 2.24) is 9.55 Å². The Labute approximate surface area is 110 Å². The molecule has 0 radical (unpaired) electrons. The molecule has 0 atom stereocenters. The number of hydrogen-bond acceptors (Lipinski definition) is 4. The molecule has 1 aromatic carbocycles. The van der Waals surface area contributed by atoms with Gasteiger partial charge in [-0.1, -0.05) is 17.8 Å². The fraction of sp³-hybridized carbons (Fsp3) is 0.231. The number of nitriles is 1. The third kappa shape index (κ3) is 2.66. The fourth-order valence-corrected chi connectivity index (χ4v) is 2.43. The fourth-order valence-electron chi connectivity index (χ4n) is 1.56. The smallest absolute Gasteiger partial charge is 0.167 e. The van der Waals surface area contributed by atoms with Crippen molar-refractivity contribution in [1.29, 1.82) is 5.26 Å². The molecule has 18 heavy (non-hydrogen) atoms. The minimum absolute atomic E-state index is 0.559. The van der Waals surface area contributed by atoms with Crippen molar-refractivity contribution in [2.75, 3.05) is 7.11 Å². The molecule has 2 rings (SSSR count). The highest BCUT2D eigenvalue weighted by Gasteiger charge is 2.05. The van der Waals surface area contributed by atoms with E-state index in [-0.39, 0.29) is 0 Å². The molecule has 0 aliphatic carbocycles. The van der Waals surface area contributed by atoms with Crippen LogP contribution < -0.4 is 4.74 Å². The summed E-state index contributed by atoms with van der Waals surface area (Å²) in [6.07, 6.45) is 3.70. The maximum absolute atomic E-state index is 8.91. The van der Waals surface area contributed by atoms with E-state index >= 15 is 0 Å². The van der Waals surface area contributed by atoms with E-state index in [1.807, 2.05) is 29.9 Å². The lowest BCUT2D eigenvalue weighted by atomic mass is 10.1. The Morgan fingerprint density at radius 2 is 2.33 bits per heavy atom. The third-order valence-corrected chi connectivity index (χ3v) is 3.66. The number of ether oxygens (including phenoxy) is 1. The second-order valence-electron chi connectivity index (χ2n) is 3.76. The lowest BCUT2D eigenvalue weighted by Crippen LogP contribution is -1.92. The summed E-state index contributed by atoms with van der Waals surface area (Å²) in [5, 5.41) is 9.88. The lowest BCUT2D eigenvalue weighted by Gasteiger charge is -2.06. The number of benzene rings is 1. The Hall–Kier alpha value is -1.93. The lowest BCUT2D eigenvalue weighted by molar-refractivity contribution is 0.413. The molecular formula is C13H13N3OS. The van der Waals surface area contributed by atoms with E-state index in [1.54, 1.807) is 31.1 Å². The first-order valence-corrected chi connectivity index (χ1v) is 6.40. The third-order valence-electron chi connectivity index (χ3n) is 2.53. The van der Waals surface area contributed by atoms with Crippen molar-refractivity contribution < 1.29 is 4.74 Å². The first kappa shape index (κ1) is 12.5. The summed E-state index contributed by atoms with van der Waals surface area (Å²) < 4.78 is 7.16. The van der Waals surface area contributed by atoms with Crippen LogP contribution in [0.4, 0.5) is 0 Å². The summed E-state index contributed by atoms with van der Waals surface area (Å²) in [6, 6.07) is 7.73. The van der Waals surface area contributed by atoms with Crippen molar-refractivity contribution in [3.05, 3.63) is 41.7 Å². The predicted molar refractivity (Wildman–Crippen MR) is 70.5 cm³/mol. The summed E-state index contributed by atoms with van der Waals surface area (Å²) in [6.45, 7) is 0. The van der Waals surface area contributed by atoms with Crippen molar-refractivity contribution >= 4 is 11.8 Å². The van der Waals surface area contributed by atoms with Crippen LogP contribution in [0.25, 0.3) is 0 Å². The van der Waals surface area contributed by atoms with Crippen molar-refractivity contribution in [2.24, 2.45) is 7.05 Å². The average molecular weight is 259 g/mol. The molecule has 0 unspecified atom stereocenters. The molecule has 0 fully saturated rings. The number of methoxy groups -OCH3 is 1. The molecule has 0 spiro atoms. The van der Waals surface area contributed by atoms with Crippen LogP contribution in [0.15, 0.2) is 35.7 Å². The van der Waals surface area contributed by atoms with E-state index in [0.717, 1.165) is 16.5 Å². The number of aryl methyl sites for hydroxylation is 1. The highest BCUT2D eigenvalue weighted by Crippen LogP contribution is 2.25. The molecule has 2 aromatic rings. The number of nitrogens with zero attached hydrogens (tertiary/aromatic N) is 3. The van der Waals surface area contributed by atoms with Gasteiger partial charge in [-0.3, -0.25) is 0 Å². The maximum atomic E-state index is 8.91. The van der Waals surface area contributed by atoms with Gasteiger partial charge in [-0.25, -0.2) is 4.98 Å². The van der Waals surface area contributed by atoms with Crippen LogP contribution in [-0.4, -0.2) is 16.7 Å². The molecule has 1 aromatic heterocycles. The van der Waals surface area contributed by atoms with Crippen molar-refractivity contribution in [3.8, 4) is 11.8 Å². The molecule has 4 nitrogen and oxygen atoms in total. The minimum Gasteiger partial charge on any atom is -0.495 e. The van der Waals surface area contributed by atoms with E-state index in [0.29, 0.717) is 11.3 Å². The summed E-state index contributed by atoms with van der Waals surface area (Å²) in [5.41, 5.74) is 1.67. The van der Waals surface area contributed by atoms with Gasteiger partial charge in [-0.2, -0.15) is 5.26 Å². The Morgan fingerprint density at radius 3 is 2.94 bits per heavy atom. The van der Waals surface area contributed by atoms with E-state index < -0.39 is 0 Å². The standard InChI is InChI=1S/C13H13N3OS/c1-16-6-5-15-13(16)18-9-10-3-4-11(8-14)12(7-10)17-2/h3-7H,9H2,1-2H3. The van der Waals surface area contributed by atoms with E-state index in [1.165, 1.54) is 0 Å². The van der Waals surface area contributed by atoms with Crippen LogP contribution in [0, 0.1) is 11.3 Å². The molecule has 0 aliphatic heterocycles. The Bertz CT molecular complexity index is 586. The summed E-state index contributed by atoms with van der Waals surface area (Å²) in [5.74, 6) is 1.42. The van der Waals surface area contributed by atoms with Crippen LogP contribution in [0.3, 0.4) is 0 Å². The molecule has 0 saturated heterocycles. The zero-order valence-electron chi connectivity index (χ0n) is 10.3. The van der Waals surface area contributed by atoms with Gasteiger partial charge in [-0.05, 0) is 17.7 Å². The van der Waals surface area contributed by atoms with Gasteiger partial charge in [0.1, 0.15) is 11.8 Å². The minimum atomic E-state index is 0.559. The first-order valence-electron chi connectivity index (χ1n) is 5.41. The van der Waals surface area contributed by atoms with Gasteiger partial charge >= 0.3 is 0 Å². The SMILES string of the molecule is COc1cc(CSc2nccn2C)ccc1C#N. The Morgan fingerprint density at radius 1 is 1.50 bits per heavy atom. The van der Waals surface area contributed by atoms with Gasteiger partial charge in [0.2, 0.25) is 0 Å². The van der Waals surface area contributed by atoms with Gasteiger partial charge < -0.3 is 9.30 Å². The molecule has 0 amide bonds. The number of rotatable bonds is 4. The monoisotopic (exact) mass is 259 g/mol. The molecule has 1 heterocycles. The van der Waals surface area contributed by atoms with E-state index in [9.17, 15) is 0 Å². The van der Waals surface area contributed by atoms with Crippen molar-refractivity contribution in [2.45, 2.75) is 10.9 Å². The molecule has 0 aliphatic rings. The summed E-state index contributed by atoms with van der Waals surface area (Å²) in [4.78, 5) is 4.25. The summed E-state index contributed by atoms with van der Waals surface area (Å²) in [7, 11) is 3.54. The largest absolute Gasteiger partial charge is 0.495 e. The average Bonchev–Trinajstić information content (AvgIpc) is 2.81. The second kappa shape index (κ2) is 5.61. The Balaban J connectivity index is 2.11. The molecular weight excluding hydrogens is 246 g/mol. The topological polar surface area (TPSA) is 50.8 Å². The van der Waals surface area contributed by atoms with Crippen LogP contribution in [0.5, 0.6) is 5.75 Å². The number of thioether (sulfide) groups is 1. The van der Waals surface area contributed by atoms with Gasteiger partial charge in [0.05, 0.1) is 12.7 Å². The highest BCUT2D eigenvalue weighted by atomic mass is 32.2. The number of hydrogen-bond donors (Lipinski definition) is 0. The van der Waals surface area contributed by atoms with E-state index in [2.05, 4.69) is 11.1 Å². The van der Waals surface area contributed by atoms with Crippen LogP contribution in [0.2, 0.25) is 0 Å². The van der Waals surface area contributed by atoms with Crippen molar-refractivity contribution in [3.63, 3.8) is 0 Å². The predicted octanol–water partition coefficient (Wildman–Crippen LogP) is 2.59. The van der Waals surface area contributed by atoms with Gasteiger partial charge in [0.25, 0.3) is 0 Å². The number of aromatic nitrogens is 2. The summed E-state index contributed by atoms with van der Waals surface area (Å²) >= 11 is 1.65. The van der Waals surface area contributed by atoms with Gasteiger partial charge in [0.15, 0.2) is 5.16 Å². The Kier molecular flexibility index (Phi) is 3.90. The highest BCUT2D eigenvalue weighted by molar-refractivity contribution is 7.98. The molecule has 92 valence electrons. The zero-order chi connectivity index (χ0) is 13.0. The maximum Gasteiger partial charge on any atom is 0.167 e. The zero-order valence-corrected chi connectivity index (χ0v) is 11.1. The quantitative estimate of drug-likeness (QED) is 0.792. The molecule has 5 heteroatoms. The van der Waals surface area contributed by atoms with Crippen LogP contribution in [-0.2, 0) is 12.8 Å². The van der Waals surface area contributed by atoms with Crippen LogP contribution in [0.1, 0.15) is 11.1 Å². The van der Waals surface area contributed by atoms with E-state index in [4.69, 9.17) is 10.00 Å². The molecule has 0 bridgehead atoms. The van der Waals surface area contributed by atoms with Crippen LogP contribution >= 0.6 is 11.8 Å².